The maximum atomic E-state index is 10.5. The lowest BCUT2D eigenvalue weighted by atomic mass is 10.1. The van der Waals surface area contributed by atoms with Gasteiger partial charge in [0.2, 0.25) is 5.76 Å². The first kappa shape index (κ1) is 6.46. The first-order valence-corrected chi connectivity index (χ1v) is 3.59. The zero-order valence-corrected chi connectivity index (χ0v) is 5.91. The van der Waals surface area contributed by atoms with Crippen LogP contribution in [0.15, 0.2) is 16.7 Å². The maximum Gasteiger partial charge on any atom is 0.372 e. The van der Waals surface area contributed by atoms with E-state index in [1.165, 1.54) is 6.26 Å². The molecule has 0 amide bonds. The monoisotopic (exact) mass is 152 g/mol. The molecule has 11 heavy (non-hydrogen) atoms. The average Bonchev–Trinajstić information content (AvgIpc) is 2.68. The van der Waals surface area contributed by atoms with Crippen LogP contribution in [0.25, 0.3) is 0 Å². The van der Waals surface area contributed by atoms with Crippen LogP contribution in [0.4, 0.5) is 0 Å². The average molecular weight is 152 g/mol. The molecule has 0 atom stereocenters. The molecule has 0 bridgehead atoms. The van der Waals surface area contributed by atoms with Gasteiger partial charge < -0.3 is 9.52 Å². The molecule has 3 nitrogen and oxygen atoms in total. The molecule has 0 aliphatic heterocycles. The van der Waals surface area contributed by atoms with Crippen molar-refractivity contribution in [1.82, 2.24) is 0 Å². The minimum atomic E-state index is -0.961. The van der Waals surface area contributed by atoms with E-state index in [9.17, 15) is 4.79 Å². The fraction of sp³-hybridized carbons (Fsp3) is 0.375. The maximum absolute atomic E-state index is 10.5. The van der Waals surface area contributed by atoms with Crippen molar-refractivity contribution in [2.75, 3.05) is 0 Å². The van der Waals surface area contributed by atoms with Crippen molar-refractivity contribution in [2.24, 2.45) is 0 Å². The molecule has 3 heteroatoms. The molecule has 0 spiro atoms. The van der Waals surface area contributed by atoms with E-state index in [2.05, 4.69) is 0 Å². The van der Waals surface area contributed by atoms with Gasteiger partial charge in [0.05, 0.1) is 6.26 Å². The van der Waals surface area contributed by atoms with Crippen molar-refractivity contribution in [3.8, 4) is 0 Å². The summed E-state index contributed by atoms with van der Waals surface area (Å²) in [5.41, 5.74) is 0.859. The molecule has 1 aromatic heterocycles. The van der Waals surface area contributed by atoms with Crippen molar-refractivity contribution < 1.29 is 14.3 Å². The van der Waals surface area contributed by atoms with Crippen LogP contribution in [-0.4, -0.2) is 11.1 Å². The molecule has 0 unspecified atom stereocenters. The second-order valence-electron chi connectivity index (χ2n) is 2.78. The van der Waals surface area contributed by atoms with Gasteiger partial charge in [-0.2, -0.15) is 0 Å². The van der Waals surface area contributed by atoms with E-state index < -0.39 is 5.97 Å². The highest BCUT2D eigenvalue weighted by Crippen LogP contribution is 2.41. The summed E-state index contributed by atoms with van der Waals surface area (Å²) in [6, 6.07) is 1.75. The predicted molar refractivity (Wildman–Crippen MR) is 37.6 cm³/mol. The Morgan fingerprint density at radius 3 is 2.91 bits per heavy atom. The highest BCUT2D eigenvalue weighted by atomic mass is 16.4. The Bertz CT molecular complexity index is 283. The van der Waals surface area contributed by atoms with Gasteiger partial charge in [0, 0.05) is 5.56 Å². The van der Waals surface area contributed by atoms with Gasteiger partial charge in [-0.25, -0.2) is 4.79 Å². The SMILES string of the molecule is O=C(O)c1occc1C1CC1. The first-order valence-electron chi connectivity index (χ1n) is 3.59. The Morgan fingerprint density at radius 1 is 1.64 bits per heavy atom. The fourth-order valence-corrected chi connectivity index (χ4v) is 1.21. The Morgan fingerprint density at radius 2 is 2.36 bits per heavy atom. The molecule has 58 valence electrons. The van der Waals surface area contributed by atoms with Crippen molar-refractivity contribution in [3.63, 3.8) is 0 Å². The van der Waals surface area contributed by atoms with Crippen LogP contribution in [0, 0.1) is 0 Å². The van der Waals surface area contributed by atoms with Gasteiger partial charge in [0.15, 0.2) is 0 Å². The molecule has 1 aliphatic carbocycles. The minimum absolute atomic E-state index is 0.118. The number of carboxylic acids is 1. The van der Waals surface area contributed by atoms with Crippen LogP contribution in [0.5, 0.6) is 0 Å². The Labute approximate surface area is 63.6 Å². The normalized spacial score (nSPS) is 16.7. The van der Waals surface area contributed by atoms with Crippen LogP contribution in [0.1, 0.15) is 34.9 Å². The lowest BCUT2D eigenvalue weighted by Crippen LogP contribution is -1.97. The summed E-state index contributed by atoms with van der Waals surface area (Å²) in [5.74, 6) is -0.399. The number of rotatable bonds is 2. The second kappa shape index (κ2) is 2.12. The van der Waals surface area contributed by atoms with Crippen LogP contribution >= 0.6 is 0 Å². The largest absolute Gasteiger partial charge is 0.475 e. The summed E-state index contributed by atoms with van der Waals surface area (Å²) in [6.07, 6.45) is 3.64. The second-order valence-corrected chi connectivity index (χ2v) is 2.78. The molecule has 1 fully saturated rings. The first-order chi connectivity index (χ1) is 5.29. The van der Waals surface area contributed by atoms with Gasteiger partial charge >= 0.3 is 5.97 Å². The summed E-state index contributed by atoms with van der Waals surface area (Å²) < 4.78 is 4.83. The number of furan rings is 1. The van der Waals surface area contributed by atoms with Crippen molar-refractivity contribution in [2.45, 2.75) is 18.8 Å². The van der Waals surface area contributed by atoms with E-state index >= 15 is 0 Å². The fourth-order valence-electron chi connectivity index (χ4n) is 1.21. The van der Waals surface area contributed by atoms with Gasteiger partial charge in [-0.15, -0.1) is 0 Å². The van der Waals surface area contributed by atoms with E-state index in [4.69, 9.17) is 9.52 Å². The van der Waals surface area contributed by atoms with Gasteiger partial charge in [0.25, 0.3) is 0 Å². The lowest BCUT2D eigenvalue weighted by Gasteiger charge is -1.91. The van der Waals surface area contributed by atoms with E-state index in [0.717, 1.165) is 18.4 Å². The summed E-state index contributed by atoms with van der Waals surface area (Å²) in [4.78, 5) is 10.5. The van der Waals surface area contributed by atoms with E-state index in [0.29, 0.717) is 5.92 Å². The number of aromatic carboxylic acids is 1. The zero-order chi connectivity index (χ0) is 7.84. The Balaban J connectivity index is 2.37. The topological polar surface area (TPSA) is 50.4 Å². The van der Waals surface area contributed by atoms with Gasteiger partial charge in [-0.05, 0) is 24.8 Å². The van der Waals surface area contributed by atoms with Crippen molar-refractivity contribution in [1.29, 1.82) is 0 Å². The number of hydrogen-bond acceptors (Lipinski definition) is 2. The zero-order valence-electron chi connectivity index (χ0n) is 5.91. The Kier molecular flexibility index (Phi) is 1.24. The van der Waals surface area contributed by atoms with Crippen molar-refractivity contribution in [3.05, 3.63) is 23.7 Å². The van der Waals surface area contributed by atoms with E-state index in [-0.39, 0.29) is 5.76 Å². The third kappa shape index (κ3) is 1.02. The van der Waals surface area contributed by atoms with E-state index in [1.807, 2.05) is 0 Å². The number of carboxylic acid groups (broad SMARTS) is 1. The minimum Gasteiger partial charge on any atom is -0.475 e. The molecule has 1 N–H and O–H groups in total. The summed E-state index contributed by atoms with van der Waals surface area (Å²) in [7, 11) is 0. The molecule has 0 aromatic carbocycles. The molecule has 1 saturated carbocycles. The third-order valence-electron chi connectivity index (χ3n) is 1.91. The van der Waals surface area contributed by atoms with Crippen LogP contribution < -0.4 is 0 Å². The highest BCUT2D eigenvalue weighted by molar-refractivity contribution is 5.86. The van der Waals surface area contributed by atoms with Gasteiger partial charge in [-0.1, -0.05) is 0 Å². The van der Waals surface area contributed by atoms with E-state index in [1.54, 1.807) is 6.07 Å². The lowest BCUT2D eigenvalue weighted by molar-refractivity contribution is 0.0660. The molecule has 2 rings (SSSR count). The number of carbonyl (C=O) groups is 1. The summed E-state index contributed by atoms with van der Waals surface area (Å²) >= 11 is 0. The molecule has 1 heterocycles. The van der Waals surface area contributed by atoms with Crippen LogP contribution in [0.2, 0.25) is 0 Å². The standard InChI is InChI=1S/C8H8O3/c9-8(10)7-6(3-4-11-7)5-1-2-5/h3-5H,1-2H2,(H,9,10). The summed E-state index contributed by atoms with van der Waals surface area (Å²) in [6.45, 7) is 0. The van der Waals surface area contributed by atoms with Crippen LogP contribution in [0.3, 0.4) is 0 Å². The third-order valence-corrected chi connectivity index (χ3v) is 1.91. The van der Waals surface area contributed by atoms with Crippen LogP contribution in [-0.2, 0) is 0 Å². The quantitative estimate of drug-likeness (QED) is 0.703. The predicted octanol–water partition coefficient (Wildman–Crippen LogP) is 1.86. The molecule has 1 aromatic rings. The molecule has 1 aliphatic rings. The van der Waals surface area contributed by atoms with Gasteiger partial charge in [-0.3, -0.25) is 0 Å². The smallest absolute Gasteiger partial charge is 0.372 e. The molecular formula is C8H8O3. The molecular weight excluding hydrogens is 144 g/mol. The highest BCUT2D eigenvalue weighted by Gasteiger charge is 2.29. The summed E-state index contributed by atoms with van der Waals surface area (Å²) in [5, 5.41) is 8.64. The molecule has 0 radical (unpaired) electrons. The Hall–Kier alpha value is -1.25. The van der Waals surface area contributed by atoms with Crippen molar-refractivity contribution >= 4 is 5.97 Å². The van der Waals surface area contributed by atoms with Gasteiger partial charge in [0.1, 0.15) is 0 Å². The molecule has 0 saturated heterocycles. The number of hydrogen-bond donors (Lipinski definition) is 1.